The Morgan fingerprint density at radius 3 is 2.43 bits per heavy atom. The highest BCUT2D eigenvalue weighted by Crippen LogP contribution is 2.32. The quantitative estimate of drug-likeness (QED) is 0.868. The molecule has 0 unspecified atom stereocenters. The molecule has 1 N–H and O–H groups in total. The van der Waals surface area contributed by atoms with Gasteiger partial charge in [-0.25, -0.2) is 4.79 Å². The third-order valence-corrected chi connectivity index (χ3v) is 4.01. The van der Waals surface area contributed by atoms with Crippen LogP contribution in [0.1, 0.15) is 63.8 Å². The van der Waals surface area contributed by atoms with Gasteiger partial charge in [-0.3, -0.25) is 4.79 Å². The lowest BCUT2D eigenvalue weighted by Gasteiger charge is -2.28. The summed E-state index contributed by atoms with van der Waals surface area (Å²) < 4.78 is 1.90. The predicted molar refractivity (Wildman–Crippen MR) is 83.6 cm³/mol. The second kappa shape index (κ2) is 5.88. The summed E-state index contributed by atoms with van der Waals surface area (Å²) in [6, 6.07) is 3.93. The van der Waals surface area contributed by atoms with Crippen LogP contribution < -0.4 is 5.56 Å². The Kier molecular flexibility index (Phi) is 4.35. The van der Waals surface area contributed by atoms with Crippen LogP contribution in [0.4, 0.5) is 0 Å². The SMILES string of the molecule is CC(C)(C)c1ccc(/C=C/C(=O)O)c(=O)n1C1CCCC1. The zero-order valence-corrected chi connectivity index (χ0v) is 12.9. The van der Waals surface area contributed by atoms with Crippen LogP contribution in [0, 0.1) is 0 Å². The molecule has 114 valence electrons. The molecule has 1 aromatic heterocycles. The van der Waals surface area contributed by atoms with Crippen molar-refractivity contribution in [3.05, 3.63) is 39.8 Å². The van der Waals surface area contributed by atoms with Crippen molar-refractivity contribution in [3.8, 4) is 0 Å². The van der Waals surface area contributed by atoms with E-state index >= 15 is 0 Å². The number of pyridine rings is 1. The van der Waals surface area contributed by atoms with Crippen LogP contribution >= 0.6 is 0 Å². The van der Waals surface area contributed by atoms with E-state index in [-0.39, 0.29) is 17.0 Å². The Labute approximate surface area is 125 Å². The van der Waals surface area contributed by atoms with Crippen molar-refractivity contribution in [3.63, 3.8) is 0 Å². The number of aliphatic carboxylic acids is 1. The zero-order valence-electron chi connectivity index (χ0n) is 12.9. The van der Waals surface area contributed by atoms with Crippen molar-refractivity contribution < 1.29 is 9.90 Å². The average Bonchev–Trinajstić information content (AvgIpc) is 2.89. The smallest absolute Gasteiger partial charge is 0.328 e. The molecule has 0 aromatic carbocycles. The maximum Gasteiger partial charge on any atom is 0.328 e. The van der Waals surface area contributed by atoms with Gasteiger partial charge in [-0.15, -0.1) is 0 Å². The van der Waals surface area contributed by atoms with E-state index in [1.165, 1.54) is 6.08 Å². The zero-order chi connectivity index (χ0) is 15.6. The fourth-order valence-corrected chi connectivity index (χ4v) is 2.99. The lowest BCUT2D eigenvalue weighted by atomic mass is 9.90. The molecule has 2 rings (SSSR count). The summed E-state index contributed by atoms with van der Waals surface area (Å²) in [5.74, 6) is -1.04. The van der Waals surface area contributed by atoms with Crippen molar-refractivity contribution in [2.45, 2.75) is 57.9 Å². The number of carboxylic acids is 1. The van der Waals surface area contributed by atoms with Gasteiger partial charge in [0.1, 0.15) is 0 Å². The van der Waals surface area contributed by atoms with E-state index in [9.17, 15) is 9.59 Å². The number of hydrogen-bond acceptors (Lipinski definition) is 2. The summed E-state index contributed by atoms with van der Waals surface area (Å²) in [6.07, 6.45) is 6.75. The van der Waals surface area contributed by atoms with Crippen molar-refractivity contribution in [1.29, 1.82) is 0 Å². The summed E-state index contributed by atoms with van der Waals surface area (Å²) >= 11 is 0. The van der Waals surface area contributed by atoms with Gasteiger partial charge in [0.25, 0.3) is 5.56 Å². The molecular formula is C17H23NO3. The summed E-state index contributed by atoms with van der Waals surface area (Å²) in [7, 11) is 0. The van der Waals surface area contributed by atoms with Crippen LogP contribution in [-0.2, 0) is 10.2 Å². The van der Waals surface area contributed by atoms with Crippen molar-refractivity contribution in [2.24, 2.45) is 0 Å². The van der Waals surface area contributed by atoms with E-state index in [4.69, 9.17) is 5.11 Å². The van der Waals surface area contributed by atoms with Gasteiger partial charge in [0.2, 0.25) is 0 Å². The maximum absolute atomic E-state index is 12.8. The summed E-state index contributed by atoms with van der Waals surface area (Å²) in [6.45, 7) is 6.29. The van der Waals surface area contributed by atoms with Crippen LogP contribution in [0.2, 0.25) is 0 Å². The molecule has 4 heteroatoms. The number of aromatic nitrogens is 1. The van der Waals surface area contributed by atoms with E-state index in [1.54, 1.807) is 6.07 Å². The van der Waals surface area contributed by atoms with Gasteiger partial charge in [0.05, 0.1) is 0 Å². The third-order valence-electron chi connectivity index (χ3n) is 4.01. The normalized spacial score (nSPS) is 16.7. The maximum atomic E-state index is 12.8. The van der Waals surface area contributed by atoms with Crippen LogP contribution in [0.15, 0.2) is 23.0 Å². The van der Waals surface area contributed by atoms with Crippen molar-refractivity contribution in [2.75, 3.05) is 0 Å². The van der Waals surface area contributed by atoms with Crippen LogP contribution in [0.25, 0.3) is 6.08 Å². The number of carbonyl (C=O) groups is 1. The molecule has 0 spiro atoms. The minimum Gasteiger partial charge on any atom is -0.478 e. The van der Waals surface area contributed by atoms with E-state index in [0.717, 1.165) is 37.5 Å². The lowest BCUT2D eigenvalue weighted by Crippen LogP contribution is -2.33. The topological polar surface area (TPSA) is 59.3 Å². The monoisotopic (exact) mass is 289 g/mol. The molecule has 1 aromatic rings. The summed E-state index contributed by atoms with van der Waals surface area (Å²) in [4.78, 5) is 23.4. The third kappa shape index (κ3) is 3.43. The Hall–Kier alpha value is -1.84. The minimum absolute atomic E-state index is 0.0770. The Morgan fingerprint density at radius 1 is 1.29 bits per heavy atom. The highest BCUT2D eigenvalue weighted by Gasteiger charge is 2.26. The fourth-order valence-electron chi connectivity index (χ4n) is 2.99. The van der Waals surface area contributed by atoms with E-state index < -0.39 is 5.97 Å². The minimum atomic E-state index is -1.04. The van der Waals surface area contributed by atoms with E-state index in [2.05, 4.69) is 20.8 Å². The van der Waals surface area contributed by atoms with Gasteiger partial charge in [-0.05, 0) is 31.1 Å². The molecule has 1 aliphatic carbocycles. The highest BCUT2D eigenvalue weighted by atomic mass is 16.4. The van der Waals surface area contributed by atoms with Gasteiger partial charge in [-0.1, -0.05) is 33.6 Å². The number of rotatable bonds is 3. The summed E-state index contributed by atoms with van der Waals surface area (Å²) in [5.41, 5.74) is 1.27. The van der Waals surface area contributed by atoms with Crippen molar-refractivity contribution in [1.82, 2.24) is 4.57 Å². The number of hydrogen-bond donors (Lipinski definition) is 1. The van der Waals surface area contributed by atoms with Gasteiger partial charge in [0, 0.05) is 28.8 Å². The molecule has 0 aliphatic heterocycles. The van der Waals surface area contributed by atoms with Gasteiger partial charge in [-0.2, -0.15) is 0 Å². The van der Waals surface area contributed by atoms with Gasteiger partial charge < -0.3 is 9.67 Å². The second-order valence-corrected chi connectivity index (χ2v) is 6.71. The summed E-state index contributed by atoms with van der Waals surface area (Å²) in [5, 5.41) is 8.73. The first-order valence-corrected chi connectivity index (χ1v) is 7.48. The van der Waals surface area contributed by atoms with Gasteiger partial charge >= 0.3 is 5.97 Å². The Morgan fingerprint density at radius 2 is 1.90 bits per heavy atom. The molecule has 1 heterocycles. The lowest BCUT2D eigenvalue weighted by molar-refractivity contribution is -0.131. The molecule has 1 aliphatic rings. The molecule has 0 radical (unpaired) electrons. The average molecular weight is 289 g/mol. The van der Waals surface area contributed by atoms with E-state index in [1.807, 2.05) is 10.6 Å². The Balaban J connectivity index is 2.57. The molecular weight excluding hydrogens is 266 g/mol. The predicted octanol–water partition coefficient (Wildman–Crippen LogP) is 3.36. The fraction of sp³-hybridized carbons (Fsp3) is 0.529. The van der Waals surface area contributed by atoms with E-state index in [0.29, 0.717) is 5.56 Å². The second-order valence-electron chi connectivity index (χ2n) is 6.71. The molecule has 0 saturated heterocycles. The van der Waals surface area contributed by atoms with Gasteiger partial charge in [0.15, 0.2) is 0 Å². The molecule has 21 heavy (non-hydrogen) atoms. The highest BCUT2D eigenvalue weighted by molar-refractivity contribution is 5.85. The molecule has 1 saturated carbocycles. The molecule has 4 nitrogen and oxygen atoms in total. The first-order valence-electron chi connectivity index (χ1n) is 7.48. The van der Waals surface area contributed by atoms with Crippen LogP contribution in [0.3, 0.4) is 0 Å². The molecule has 0 atom stereocenters. The molecule has 0 amide bonds. The Bertz CT molecular complexity index is 614. The largest absolute Gasteiger partial charge is 0.478 e. The van der Waals surface area contributed by atoms with Crippen LogP contribution in [-0.4, -0.2) is 15.6 Å². The standard InChI is InChI=1S/C17H23NO3/c1-17(2,3)14-10-8-12(9-11-15(19)20)16(21)18(14)13-6-4-5-7-13/h8-11,13H,4-7H2,1-3H3,(H,19,20)/b11-9+. The first kappa shape index (κ1) is 15.5. The number of nitrogens with zero attached hydrogens (tertiary/aromatic N) is 1. The molecule has 0 bridgehead atoms. The first-order chi connectivity index (χ1) is 9.80. The van der Waals surface area contributed by atoms with Crippen molar-refractivity contribution >= 4 is 12.0 Å². The molecule has 1 fully saturated rings. The van der Waals surface area contributed by atoms with Crippen LogP contribution in [0.5, 0.6) is 0 Å². The number of carboxylic acid groups (broad SMARTS) is 1.